The molecule has 0 unspecified atom stereocenters. The van der Waals surface area contributed by atoms with E-state index in [9.17, 15) is 4.79 Å². The first-order chi connectivity index (χ1) is 12.8. The molecule has 1 amide bonds. The van der Waals surface area contributed by atoms with Crippen LogP contribution in [0.4, 0.5) is 5.69 Å². The lowest BCUT2D eigenvalue weighted by molar-refractivity contribution is -0.139. The SMILES string of the molecule is CC(C)Oc1cc(Cl)ncc1NC(=O)C1(c2ccccc2C(C)C)COC1. The summed E-state index contributed by atoms with van der Waals surface area (Å²) in [6.07, 6.45) is 1.47. The van der Waals surface area contributed by atoms with Crippen LogP contribution < -0.4 is 10.1 Å². The summed E-state index contributed by atoms with van der Waals surface area (Å²) in [6.45, 7) is 8.79. The van der Waals surface area contributed by atoms with Gasteiger partial charge < -0.3 is 14.8 Å². The Kier molecular flexibility index (Phi) is 5.72. The summed E-state index contributed by atoms with van der Waals surface area (Å²) in [5, 5.41) is 3.30. The van der Waals surface area contributed by atoms with Crippen LogP contribution in [-0.2, 0) is 14.9 Å². The highest BCUT2D eigenvalue weighted by atomic mass is 35.5. The number of aromatic nitrogens is 1. The first-order valence-electron chi connectivity index (χ1n) is 9.14. The molecule has 27 heavy (non-hydrogen) atoms. The fourth-order valence-electron chi connectivity index (χ4n) is 3.25. The van der Waals surface area contributed by atoms with Gasteiger partial charge in [-0.3, -0.25) is 4.79 Å². The zero-order valence-electron chi connectivity index (χ0n) is 16.1. The van der Waals surface area contributed by atoms with Crippen molar-refractivity contribution in [2.24, 2.45) is 0 Å². The van der Waals surface area contributed by atoms with E-state index in [0.29, 0.717) is 35.7 Å². The third kappa shape index (κ3) is 3.94. The highest BCUT2D eigenvalue weighted by molar-refractivity contribution is 6.29. The Bertz CT molecular complexity index is 832. The van der Waals surface area contributed by atoms with E-state index in [1.807, 2.05) is 32.0 Å². The van der Waals surface area contributed by atoms with Gasteiger partial charge in [-0.1, -0.05) is 49.7 Å². The molecule has 0 spiro atoms. The quantitative estimate of drug-likeness (QED) is 0.737. The smallest absolute Gasteiger partial charge is 0.239 e. The van der Waals surface area contributed by atoms with Crippen LogP contribution in [0.25, 0.3) is 0 Å². The van der Waals surface area contributed by atoms with E-state index in [1.54, 1.807) is 6.07 Å². The minimum Gasteiger partial charge on any atom is -0.489 e. The molecule has 3 rings (SSSR count). The average Bonchev–Trinajstić information content (AvgIpc) is 2.56. The molecule has 0 saturated carbocycles. The van der Waals surface area contributed by atoms with E-state index in [-0.39, 0.29) is 12.0 Å². The van der Waals surface area contributed by atoms with Gasteiger partial charge in [-0.2, -0.15) is 0 Å². The average molecular weight is 389 g/mol. The van der Waals surface area contributed by atoms with Gasteiger partial charge in [-0.05, 0) is 30.9 Å². The zero-order chi connectivity index (χ0) is 19.6. The van der Waals surface area contributed by atoms with Crippen molar-refractivity contribution in [3.63, 3.8) is 0 Å². The fourth-order valence-corrected chi connectivity index (χ4v) is 3.40. The molecule has 2 aromatic rings. The molecule has 6 heteroatoms. The number of hydrogen-bond donors (Lipinski definition) is 1. The van der Waals surface area contributed by atoms with E-state index >= 15 is 0 Å². The Labute approximate surface area is 165 Å². The molecule has 0 radical (unpaired) electrons. The van der Waals surface area contributed by atoms with Gasteiger partial charge in [0.05, 0.1) is 25.5 Å². The van der Waals surface area contributed by atoms with Crippen molar-refractivity contribution in [1.29, 1.82) is 0 Å². The molecule has 1 saturated heterocycles. The molecule has 1 fully saturated rings. The first kappa shape index (κ1) is 19.6. The van der Waals surface area contributed by atoms with Gasteiger partial charge in [0.2, 0.25) is 5.91 Å². The molecule has 1 aliphatic rings. The number of nitrogens with zero attached hydrogens (tertiary/aromatic N) is 1. The third-order valence-corrected chi connectivity index (χ3v) is 4.88. The number of pyridine rings is 1. The number of carbonyl (C=O) groups is 1. The molecular weight excluding hydrogens is 364 g/mol. The number of nitrogens with one attached hydrogen (secondary N) is 1. The van der Waals surface area contributed by atoms with E-state index in [1.165, 1.54) is 6.20 Å². The van der Waals surface area contributed by atoms with Crippen molar-refractivity contribution in [2.75, 3.05) is 18.5 Å². The van der Waals surface area contributed by atoms with Gasteiger partial charge in [-0.25, -0.2) is 4.98 Å². The second-order valence-electron chi connectivity index (χ2n) is 7.44. The van der Waals surface area contributed by atoms with Gasteiger partial charge in [0, 0.05) is 6.07 Å². The molecule has 5 nitrogen and oxygen atoms in total. The Hall–Kier alpha value is -2.11. The lowest BCUT2D eigenvalue weighted by atomic mass is 9.73. The third-order valence-electron chi connectivity index (χ3n) is 4.67. The van der Waals surface area contributed by atoms with E-state index < -0.39 is 5.41 Å². The summed E-state index contributed by atoms with van der Waals surface area (Å²) in [6, 6.07) is 9.67. The van der Waals surface area contributed by atoms with Crippen molar-refractivity contribution in [3.8, 4) is 5.75 Å². The van der Waals surface area contributed by atoms with Crippen molar-refractivity contribution in [3.05, 3.63) is 52.8 Å². The molecule has 1 aliphatic heterocycles. The largest absolute Gasteiger partial charge is 0.489 e. The van der Waals surface area contributed by atoms with Crippen LogP contribution >= 0.6 is 11.6 Å². The number of anilines is 1. The van der Waals surface area contributed by atoms with Crippen LogP contribution in [0.3, 0.4) is 0 Å². The Balaban J connectivity index is 1.94. The number of rotatable bonds is 6. The molecule has 144 valence electrons. The summed E-state index contributed by atoms with van der Waals surface area (Å²) in [5.74, 6) is 0.689. The molecule has 1 N–H and O–H groups in total. The lowest BCUT2D eigenvalue weighted by Crippen LogP contribution is -2.56. The monoisotopic (exact) mass is 388 g/mol. The number of halogens is 1. The van der Waals surface area contributed by atoms with E-state index in [0.717, 1.165) is 11.1 Å². The van der Waals surface area contributed by atoms with Crippen LogP contribution in [0.5, 0.6) is 5.75 Å². The van der Waals surface area contributed by atoms with E-state index in [4.69, 9.17) is 21.1 Å². The summed E-state index contributed by atoms with van der Waals surface area (Å²) in [5.41, 5.74) is 1.96. The van der Waals surface area contributed by atoms with Crippen LogP contribution in [0.1, 0.15) is 44.7 Å². The van der Waals surface area contributed by atoms with Crippen molar-refractivity contribution < 1.29 is 14.3 Å². The van der Waals surface area contributed by atoms with Crippen molar-refractivity contribution in [2.45, 2.75) is 45.1 Å². The fraction of sp³-hybridized carbons (Fsp3) is 0.429. The molecular formula is C21H25ClN2O3. The zero-order valence-corrected chi connectivity index (χ0v) is 16.8. The van der Waals surface area contributed by atoms with Gasteiger partial charge in [0.1, 0.15) is 22.0 Å². The van der Waals surface area contributed by atoms with Crippen LogP contribution in [0.15, 0.2) is 36.5 Å². The second-order valence-corrected chi connectivity index (χ2v) is 7.83. The maximum Gasteiger partial charge on any atom is 0.239 e. The highest BCUT2D eigenvalue weighted by Crippen LogP contribution is 2.39. The predicted molar refractivity (Wildman–Crippen MR) is 107 cm³/mol. The van der Waals surface area contributed by atoms with Gasteiger partial charge in [-0.15, -0.1) is 0 Å². The summed E-state index contributed by atoms with van der Waals surface area (Å²) in [7, 11) is 0. The molecule has 1 aromatic carbocycles. The summed E-state index contributed by atoms with van der Waals surface area (Å²) in [4.78, 5) is 17.4. The standard InChI is InChI=1S/C21H25ClN2O3/c1-13(2)15-7-5-6-8-16(15)21(11-26-12-21)20(25)24-17-10-23-19(22)9-18(17)27-14(3)4/h5-10,13-14H,11-12H2,1-4H3,(H,24,25). The molecule has 0 aliphatic carbocycles. The van der Waals surface area contributed by atoms with Gasteiger partial charge >= 0.3 is 0 Å². The second kappa shape index (κ2) is 7.87. The number of carbonyl (C=O) groups excluding carboxylic acids is 1. The molecule has 0 bridgehead atoms. The van der Waals surface area contributed by atoms with Crippen LogP contribution in [-0.4, -0.2) is 30.2 Å². The van der Waals surface area contributed by atoms with Crippen LogP contribution in [0, 0.1) is 0 Å². The maximum absolute atomic E-state index is 13.3. The Morgan fingerprint density at radius 1 is 1.26 bits per heavy atom. The normalized spacial score (nSPS) is 15.5. The number of benzene rings is 1. The topological polar surface area (TPSA) is 60.5 Å². The summed E-state index contributed by atoms with van der Waals surface area (Å²) >= 11 is 5.99. The summed E-state index contributed by atoms with van der Waals surface area (Å²) < 4.78 is 11.3. The number of amides is 1. The highest BCUT2D eigenvalue weighted by Gasteiger charge is 2.49. The Morgan fingerprint density at radius 2 is 1.96 bits per heavy atom. The van der Waals surface area contributed by atoms with Crippen molar-refractivity contribution in [1.82, 2.24) is 4.98 Å². The van der Waals surface area contributed by atoms with E-state index in [2.05, 4.69) is 30.2 Å². The van der Waals surface area contributed by atoms with Gasteiger partial charge in [0.25, 0.3) is 0 Å². The first-order valence-corrected chi connectivity index (χ1v) is 9.52. The van der Waals surface area contributed by atoms with Gasteiger partial charge in [0.15, 0.2) is 0 Å². The number of ether oxygens (including phenoxy) is 2. The molecule has 0 atom stereocenters. The van der Waals surface area contributed by atoms with Crippen molar-refractivity contribution >= 4 is 23.2 Å². The van der Waals surface area contributed by atoms with Crippen LogP contribution in [0.2, 0.25) is 5.15 Å². The molecule has 1 aromatic heterocycles. The predicted octanol–water partition coefficient (Wildman–Crippen LogP) is 4.55. The maximum atomic E-state index is 13.3. The lowest BCUT2D eigenvalue weighted by Gasteiger charge is -2.41. The number of hydrogen-bond acceptors (Lipinski definition) is 4. The Morgan fingerprint density at radius 3 is 2.56 bits per heavy atom. The molecule has 2 heterocycles. The minimum atomic E-state index is -0.713. The minimum absolute atomic E-state index is 0.0539.